The highest BCUT2D eigenvalue weighted by molar-refractivity contribution is 6.31. The van der Waals surface area contributed by atoms with Gasteiger partial charge in [0.05, 0.1) is 50.3 Å². The molecule has 0 radical (unpaired) electrons. The Bertz CT molecular complexity index is 1010. The van der Waals surface area contributed by atoms with E-state index in [2.05, 4.69) is 26.5 Å². The molecular weight excluding hydrogens is 456 g/mol. The highest BCUT2D eigenvalue weighted by Crippen LogP contribution is 2.33. The van der Waals surface area contributed by atoms with Gasteiger partial charge in [-0.25, -0.2) is 0 Å². The van der Waals surface area contributed by atoms with Gasteiger partial charge in [-0.05, 0) is 29.8 Å². The van der Waals surface area contributed by atoms with Crippen molar-refractivity contribution in [1.82, 2.24) is 5.32 Å². The van der Waals surface area contributed by atoms with Gasteiger partial charge in [0.2, 0.25) is 11.8 Å². The maximum atomic E-state index is 13.1. The molecule has 0 aliphatic carbocycles. The maximum absolute atomic E-state index is 13.1. The number of nitrogens with zero attached hydrogens (tertiary/aromatic N) is 2. The molecule has 2 fully saturated rings. The predicted molar refractivity (Wildman–Crippen MR) is 134 cm³/mol. The van der Waals surface area contributed by atoms with Gasteiger partial charge in [-0.15, -0.1) is 0 Å². The summed E-state index contributed by atoms with van der Waals surface area (Å²) in [5, 5.41) is 6.44. The Labute approximate surface area is 205 Å². The first kappa shape index (κ1) is 24.3. The number of carbonyl (C=O) groups is 2. The molecule has 2 aliphatic rings. The molecule has 1 atom stereocenters. The first-order chi connectivity index (χ1) is 16.5. The lowest BCUT2D eigenvalue weighted by molar-refractivity contribution is -0.120. The van der Waals surface area contributed by atoms with E-state index < -0.39 is 6.04 Å². The summed E-state index contributed by atoms with van der Waals surface area (Å²) in [6, 6.07) is 12.8. The number of rotatable bonds is 7. The fourth-order valence-corrected chi connectivity index (χ4v) is 4.61. The van der Waals surface area contributed by atoms with Crippen molar-refractivity contribution in [3.05, 3.63) is 53.1 Å². The second-order valence-corrected chi connectivity index (χ2v) is 8.83. The first-order valence-corrected chi connectivity index (χ1v) is 12.0. The number of hydrogen-bond donors (Lipinski definition) is 2. The Hall–Kier alpha value is -2.81. The van der Waals surface area contributed by atoms with Gasteiger partial charge >= 0.3 is 0 Å². The van der Waals surface area contributed by atoms with Gasteiger partial charge in [-0.2, -0.15) is 0 Å². The summed E-state index contributed by atoms with van der Waals surface area (Å²) in [6.07, 6.45) is 0.0665. The normalized spacial score (nSPS) is 17.2. The summed E-state index contributed by atoms with van der Waals surface area (Å²) >= 11 is 6.35. The topological polar surface area (TPSA) is 83.1 Å². The first-order valence-electron chi connectivity index (χ1n) is 11.6. The molecule has 34 heavy (non-hydrogen) atoms. The highest BCUT2D eigenvalue weighted by Gasteiger charge is 2.23. The summed E-state index contributed by atoms with van der Waals surface area (Å²) < 4.78 is 11.0. The van der Waals surface area contributed by atoms with E-state index in [-0.39, 0.29) is 18.2 Å². The van der Waals surface area contributed by atoms with Gasteiger partial charge < -0.3 is 29.9 Å². The molecule has 2 aromatic rings. The number of morpholine rings is 2. The van der Waals surface area contributed by atoms with Gasteiger partial charge in [0.15, 0.2) is 0 Å². The van der Waals surface area contributed by atoms with E-state index in [1.54, 1.807) is 6.07 Å². The van der Waals surface area contributed by atoms with Gasteiger partial charge in [0, 0.05) is 43.8 Å². The maximum Gasteiger partial charge on any atom is 0.226 e. The van der Waals surface area contributed by atoms with Crippen LogP contribution in [0.4, 0.5) is 17.1 Å². The lowest BCUT2D eigenvalue weighted by Gasteiger charge is -2.33. The van der Waals surface area contributed by atoms with Crippen molar-refractivity contribution in [3.8, 4) is 0 Å². The minimum absolute atomic E-state index is 0.0665. The number of anilines is 3. The van der Waals surface area contributed by atoms with Crippen LogP contribution in [0.5, 0.6) is 0 Å². The van der Waals surface area contributed by atoms with Crippen molar-refractivity contribution < 1.29 is 19.1 Å². The van der Waals surface area contributed by atoms with Crippen LogP contribution in [0.25, 0.3) is 0 Å². The second kappa shape index (κ2) is 11.6. The third kappa shape index (κ3) is 6.20. The minimum Gasteiger partial charge on any atom is -0.378 e. The number of benzene rings is 2. The molecule has 0 aromatic heterocycles. The highest BCUT2D eigenvalue weighted by atomic mass is 35.5. The zero-order valence-electron chi connectivity index (χ0n) is 19.4. The summed E-state index contributed by atoms with van der Waals surface area (Å²) in [5.74, 6) is -0.422. The molecule has 2 amide bonds. The largest absolute Gasteiger partial charge is 0.378 e. The zero-order chi connectivity index (χ0) is 23.9. The van der Waals surface area contributed by atoms with E-state index in [1.165, 1.54) is 6.92 Å². The monoisotopic (exact) mass is 486 g/mol. The number of ether oxygens (including phenoxy) is 2. The summed E-state index contributed by atoms with van der Waals surface area (Å²) in [4.78, 5) is 29.5. The van der Waals surface area contributed by atoms with E-state index in [0.29, 0.717) is 37.0 Å². The van der Waals surface area contributed by atoms with E-state index >= 15 is 0 Å². The predicted octanol–water partition coefficient (Wildman–Crippen LogP) is 3.22. The fourth-order valence-electron chi connectivity index (χ4n) is 4.34. The van der Waals surface area contributed by atoms with Crippen molar-refractivity contribution in [2.24, 2.45) is 0 Å². The minimum atomic E-state index is -0.523. The molecule has 9 heteroatoms. The quantitative estimate of drug-likeness (QED) is 0.625. The van der Waals surface area contributed by atoms with Gasteiger partial charge in [-0.3, -0.25) is 9.59 Å². The van der Waals surface area contributed by atoms with Gasteiger partial charge in [-0.1, -0.05) is 29.8 Å². The molecule has 0 saturated carbocycles. The summed E-state index contributed by atoms with van der Waals surface area (Å²) in [6.45, 7) is 7.32. The standard InChI is InChI=1S/C25H31ClN4O4/c1-18(31)27-23(20-4-2-3-5-21(20)26)17-25(32)28-22-7-6-19(29-8-12-33-13-9-29)16-24(22)30-10-14-34-15-11-30/h2-7,16,23H,8-15,17H2,1H3,(H,27,31)(H,28,32)/t23-/m0/s1. The van der Waals surface area contributed by atoms with Crippen molar-refractivity contribution in [3.63, 3.8) is 0 Å². The Kier molecular flexibility index (Phi) is 8.26. The van der Waals surface area contributed by atoms with Crippen LogP contribution in [-0.4, -0.2) is 64.4 Å². The van der Waals surface area contributed by atoms with Crippen LogP contribution in [0.1, 0.15) is 24.9 Å². The van der Waals surface area contributed by atoms with Crippen LogP contribution in [0, 0.1) is 0 Å². The summed E-state index contributed by atoms with van der Waals surface area (Å²) in [5.41, 5.74) is 3.53. The molecule has 182 valence electrons. The van der Waals surface area contributed by atoms with Crippen LogP contribution in [0.15, 0.2) is 42.5 Å². The molecule has 2 N–H and O–H groups in total. The van der Waals surface area contributed by atoms with Crippen LogP contribution in [-0.2, 0) is 19.1 Å². The Morgan fingerprint density at radius 1 is 0.971 bits per heavy atom. The van der Waals surface area contributed by atoms with Crippen molar-refractivity contribution >= 4 is 40.5 Å². The van der Waals surface area contributed by atoms with Crippen LogP contribution >= 0.6 is 11.6 Å². The smallest absolute Gasteiger partial charge is 0.226 e. The van der Waals surface area contributed by atoms with E-state index in [9.17, 15) is 9.59 Å². The van der Waals surface area contributed by atoms with Crippen LogP contribution in [0.3, 0.4) is 0 Å². The molecule has 2 heterocycles. The average molecular weight is 487 g/mol. The number of amides is 2. The van der Waals surface area contributed by atoms with Gasteiger partial charge in [0.25, 0.3) is 0 Å². The molecule has 0 unspecified atom stereocenters. The van der Waals surface area contributed by atoms with E-state index in [4.69, 9.17) is 21.1 Å². The van der Waals surface area contributed by atoms with Crippen molar-refractivity contribution in [2.75, 3.05) is 67.7 Å². The lowest BCUT2D eigenvalue weighted by Crippen LogP contribution is -2.38. The molecule has 2 aromatic carbocycles. The molecule has 2 saturated heterocycles. The molecule has 0 bridgehead atoms. The molecular formula is C25H31ClN4O4. The molecule has 8 nitrogen and oxygen atoms in total. The molecule has 4 rings (SSSR count). The molecule has 2 aliphatic heterocycles. The van der Waals surface area contributed by atoms with Gasteiger partial charge in [0.1, 0.15) is 0 Å². The second-order valence-electron chi connectivity index (χ2n) is 8.43. The Morgan fingerprint density at radius 2 is 1.62 bits per heavy atom. The number of hydrogen-bond acceptors (Lipinski definition) is 6. The zero-order valence-corrected chi connectivity index (χ0v) is 20.1. The summed E-state index contributed by atoms with van der Waals surface area (Å²) in [7, 11) is 0. The van der Waals surface area contributed by atoms with E-state index in [0.717, 1.165) is 43.2 Å². The van der Waals surface area contributed by atoms with E-state index in [1.807, 2.05) is 30.3 Å². The SMILES string of the molecule is CC(=O)N[C@@H](CC(=O)Nc1ccc(N2CCOCC2)cc1N1CCOCC1)c1ccccc1Cl. The number of carbonyl (C=O) groups excluding carboxylic acids is 2. The Morgan fingerprint density at radius 3 is 2.26 bits per heavy atom. The third-order valence-corrected chi connectivity index (χ3v) is 6.38. The number of halogens is 1. The van der Waals surface area contributed by atoms with Crippen molar-refractivity contribution in [2.45, 2.75) is 19.4 Å². The number of nitrogens with one attached hydrogen (secondary N) is 2. The van der Waals surface area contributed by atoms with Crippen LogP contribution < -0.4 is 20.4 Å². The van der Waals surface area contributed by atoms with Crippen LogP contribution in [0.2, 0.25) is 5.02 Å². The fraction of sp³-hybridized carbons (Fsp3) is 0.440. The lowest BCUT2D eigenvalue weighted by atomic mass is 10.0. The average Bonchev–Trinajstić information content (AvgIpc) is 2.85. The molecule has 0 spiro atoms. The van der Waals surface area contributed by atoms with Crippen molar-refractivity contribution in [1.29, 1.82) is 0 Å². The Balaban J connectivity index is 1.55. The third-order valence-electron chi connectivity index (χ3n) is 6.03.